The van der Waals surface area contributed by atoms with Crippen LogP contribution in [0.25, 0.3) is 11.1 Å². The third kappa shape index (κ3) is 3.00. The van der Waals surface area contributed by atoms with E-state index in [4.69, 9.17) is 10.2 Å². The summed E-state index contributed by atoms with van der Waals surface area (Å²) in [4.78, 5) is 9.03. The molecule has 2 atom stereocenters. The van der Waals surface area contributed by atoms with Crippen molar-refractivity contribution in [1.82, 2.24) is 15.3 Å². The highest BCUT2D eigenvalue weighted by molar-refractivity contribution is 5.88. The number of nitrogens with two attached hydrogens (primary N) is 1. The molecule has 0 amide bonds. The minimum absolute atomic E-state index is 0.447. The number of hydrogen-bond donors (Lipinski definition) is 2. The van der Waals surface area contributed by atoms with Crippen LogP contribution in [-0.4, -0.2) is 16.0 Å². The maximum Gasteiger partial charge on any atom is 0.231 e. The van der Waals surface area contributed by atoms with Crippen molar-refractivity contribution < 1.29 is 4.42 Å². The van der Waals surface area contributed by atoms with Crippen molar-refractivity contribution in [3.05, 3.63) is 53.0 Å². The number of anilines is 1. The molecule has 5 nitrogen and oxygen atoms in total. The largest absolute Gasteiger partial charge is 0.443 e. The predicted octanol–water partition coefficient (Wildman–Crippen LogP) is 3.85. The molecule has 130 valence electrons. The summed E-state index contributed by atoms with van der Waals surface area (Å²) >= 11 is 0. The van der Waals surface area contributed by atoms with Crippen LogP contribution in [0.15, 0.2) is 34.7 Å². The molecule has 25 heavy (non-hydrogen) atoms. The van der Waals surface area contributed by atoms with Crippen LogP contribution < -0.4 is 11.1 Å². The number of aryl methyl sites for hydroxylation is 2. The molecule has 1 aromatic carbocycles. The number of nitrogen functional groups attached to an aromatic ring is 1. The van der Waals surface area contributed by atoms with Crippen LogP contribution in [0, 0.1) is 13.8 Å². The van der Waals surface area contributed by atoms with E-state index in [1.54, 1.807) is 0 Å². The fraction of sp³-hybridized carbons (Fsp3) is 0.400. The predicted molar refractivity (Wildman–Crippen MR) is 99.4 cm³/mol. The Morgan fingerprint density at radius 2 is 1.96 bits per heavy atom. The van der Waals surface area contributed by atoms with E-state index < -0.39 is 0 Å². The third-order valence-corrected chi connectivity index (χ3v) is 5.37. The van der Waals surface area contributed by atoms with Gasteiger partial charge in [-0.15, -0.1) is 0 Å². The first-order valence-electron chi connectivity index (χ1n) is 8.94. The lowest BCUT2D eigenvalue weighted by molar-refractivity contribution is 0.469. The van der Waals surface area contributed by atoms with Crippen molar-refractivity contribution in [3.8, 4) is 0 Å². The fourth-order valence-corrected chi connectivity index (χ4v) is 3.93. The van der Waals surface area contributed by atoms with Gasteiger partial charge >= 0.3 is 0 Å². The van der Waals surface area contributed by atoms with Gasteiger partial charge in [0.15, 0.2) is 0 Å². The molecule has 1 saturated carbocycles. The Labute approximate surface area is 147 Å². The topological polar surface area (TPSA) is 77.0 Å². The first kappa shape index (κ1) is 16.1. The second kappa shape index (κ2) is 6.48. The molecule has 1 aliphatic rings. The second-order valence-corrected chi connectivity index (χ2v) is 6.92. The van der Waals surface area contributed by atoms with Crippen LogP contribution in [-0.2, 0) is 6.54 Å². The number of fused-ring (bicyclic) bond motifs is 1. The summed E-state index contributed by atoms with van der Waals surface area (Å²) in [6, 6.07) is 11.2. The highest BCUT2D eigenvalue weighted by Gasteiger charge is 2.28. The molecule has 3 N–H and O–H groups in total. The number of rotatable bonds is 4. The second-order valence-electron chi connectivity index (χ2n) is 6.92. The summed E-state index contributed by atoms with van der Waals surface area (Å²) in [5, 5.41) is 4.47. The zero-order valence-electron chi connectivity index (χ0n) is 14.7. The van der Waals surface area contributed by atoms with Gasteiger partial charge in [-0.25, -0.2) is 4.98 Å². The highest BCUT2D eigenvalue weighted by Crippen LogP contribution is 2.34. The number of nitrogens with zero attached hydrogens (tertiary/aromatic N) is 2. The normalized spacial score (nSPS) is 20.4. The van der Waals surface area contributed by atoms with E-state index in [0.717, 1.165) is 16.7 Å². The molecule has 0 saturated heterocycles. The van der Waals surface area contributed by atoms with E-state index in [1.807, 2.05) is 13.8 Å². The van der Waals surface area contributed by atoms with Gasteiger partial charge in [0.25, 0.3) is 0 Å². The summed E-state index contributed by atoms with van der Waals surface area (Å²) in [5.74, 6) is 2.59. The molecule has 5 heteroatoms. The minimum Gasteiger partial charge on any atom is -0.443 e. The van der Waals surface area contributed by atoms with Gasteiger partial charge < -0.3 is 15.5 Å². The molecule has 0 spiro atoms. The van der Waals surface area contributed by atoms with Crippen molar-refractivity contribution in [2.45, 2.75) is 51.6 Å². The van der Waals surface area contributed by atoms with Gasteiger partial charge in [0.2, 0.25) is 5.71 Å². The standard InChI is InChI=1S/C20H24N4O/c1-12-13(2)25-20-18(12)19(21)23-17(24-20)11-22-16-10-6-9-15(16)14-7-4-3-5-8-14/h3-5,7-8,15-16,22H,6,9-11H2,1-2H3,(H2,21,23,24)/t15-,16+/m1/s1. The van der Waals surface area contributed by atoms with Gasteiger partial charge in [-0.05, 0) is 38.2 Å². The zero-order chi connectivity index (χ0) is 17.4. The van der Waals surface area contributed by atoms with E-state index in [0.29, 0.717) is 35.9 Å². The first-order chi connectivity index (χ1) is 12.1. The summed E-state index contributed by atoms with van der Waals surface area (Å²) in [6.45, 7) is 4.52. The summed E-state index contributed by atoms with van der Waals surface area (Å²) in [6.07, 6.45) is 3.65. The van der Waals surface area contributed by atoms with Gasteiger partial charge in [0.1, 0.15) is 17.4 Å². The van der Waals surface area contributed by atoms with Crippen LogP contribution in [0.2, 0.25) is 0 Å². The third-order valence-electron chi connectivity index (χ3n) is 5.37. The van der Waals surface area contributed by atoms with E-state index in [9.17, 15) is 0 Å². The average Bonchev–Trinajstić information content (AvgIpc) is 3.19. The van der Waals surface area contributed by atoms with Crippen LogP contribution in [0.3, 0.4) is 0 Å². The molecule has 1 fully saturated rings. The van der Waals surface area contributed by atoms with Crippen molar-refractivity contribution in [1.29, 1.82) is 0 Å². The highest BCUT2D eigenvalue weighted by atomic mass is 16.3. The molecule has 0 bridgehead atoms. The molecular formula is C20H24N4O. The number of nitrogens with one attached hydrogen (secondary N) is 1. The van der Waals surface area contributed by atoms with E-state index >= 15 is 0 Å². The minimum atomic E-state index is 0.447. The number of aromatic nitrogens is 2. The molecule has 1 aliphatic carbocycles. The molecule has 2 heterocycles. The lowest BCUT2D eigenvalue weighted by Crippen LogP contribution is -2.31. The van der Waals surface area contributed by atoms with Crippen LogP contribution in [0.1, 0.15) is 47.9 Å². The Morgan fingerprint density at radius 3 is 2.76 bits per heavy atom. The number of hydrogen-bond acceptors (Lipinski definition) is 5. The Balaban J connectivity index is 1.52. The maximum absolute atomic E-state index is 6.13. The van der Waals surface area contributed by atoms with Gasteiger partial charge in [0, 0.05) is 11.6 Å². The number of furan rings is 1. The lowest BCUT2D eigenvalue weighted by Gasteiger charge is -2.21. The summed E-state index contributed by atoms with van der Waals surface area (Å²) < 4.78 is 5.72. The van der Waals surface area contributed by atoms with Crippen molar-refractivity contribution in [2.24, 2.45) is 0 Å². The van der Waals surface area contributed by atoms with Crippen molar-refractivity contribution in [2.75, 3.05) is 5.73 Å². The monoisotopic (exact) mass is 336 g/mol. The van der Waals surface area contributed by atoms with Crippen molar-refractivity contribution in [3.63, 3.8) is 0 Å². The van der Waals surface area contributed by atoms with Crippen molar-refractivity contribution >= 4 is 16.9 Å². The smallest absolute Gasteiger partial charge is 0.231 e. The molecule has 0 aliphatic heterocycles. The fourth-order valence-electron chi connectivity index (χ4n) is 3.93. The Hall–Kier alpha value is -2.40. The van der Waals surface area contributed by atoms with Crippen LogP contribution in [0.5, 0.6) is 0 Å². The maximum atomic E-state index is 6.13. The zero-order valence-corrected chi connectivity index (χ0v) is 14.7. The lowest BCUT2D eigenvalue weighted by atomic mass is 9.94. The SMILES string of the molecule is Cc1oc2nc(CN[C@H]3CCC[C@@H]3c3ccccc3)nc(N)c2c1C. The van der Waals surface area contributed by atoms with Crippen LogP contribution >= 0.6 is 0 Å². The summed E-state index contributed by atoms with van der Waals surface area (Å²) in [7, 11) is 0. The number of benzene rings is 1. The summed E-state index contributed by atoms with van der Waals surface area (Å²) in [5.41, 5.74) is 9.15. The van der Waals surface area contributed by atoms with Gasteiger partial charge in [0.05, 0.1) is 11.9 Å². The molecular weight excluding hydrogens is 312 g/mol. The Morgan fingerprint density at radius 1 is 1.16 bits per heavy atom. The molecule has 0 unspecified atom stereocenters. The molecule has 0 radical (unpaired) electrons. The van der Waals surface area contributed by atoms with Crippen LogP contribution in [0.4, 0.5) is 5.82 Å². The quantitative estimate of drug-likeness (QED) is 0.757. The van der Waals surface area contributed by atoms with Gasteiger partial charge in [-0.2, -0.15) is 4.98 Å². The molecule has 4 rings (SSSR count). The molecule has 3 aromatic rings. The molecule has 2 aromatic heterocycles. The first-order valence-corrected chi connectivity index (χ1v) is 8.94. The Kier molecular flexibility index (Phi) is 4.17. The van der Waals surface area contributed by atoms with Gasteiger partial charge in [-0.1, -0.05) is 36.8 Å². The van der Waals surface area contributed by atoms with E-state index in [-0.39, 0.29) is 0 Å². The Bertz CT molecular complexity index is 888. The average molecular weight is 336 g/mol. The van der Waals surface area contributed by atoms with E-state index in [2.05, 4.69) is 45.6 Å². The van der Waals surface area contributed by atoms with Gasteiger partial charge in [-0.3, -0.25) is 0 Å². The van der Waals surface area contributed by atoms with E-state index in [1.165, 1.54) is 24.8 Å².